The summed E-state index contributed by atoms with van der Waals surface area (Å²) < 4.78 is 20.0. The van der Waals surface area contributed by atoms with Crippen molar-refractivity contribution in [1.29, 1.82) is 0 Å². The lowest BCUT2D eigenvalue weighted by Gasteiger charge is -2.19. The van der Waals surface area contributed by atoms with E-state index in [1.54, 1.807) is 6.07 Å². The van der Waals surface area contributed by atoms with Crippen LogP contribution in [-0.2, 0) is 6.42 Å². The average molecular weight is 350 g/mol. The van der Waals surface area contributed by atoms with Gasteiger partial charge < -0.3 is 10.1 Å². The van der Waals surface area contributed by atoms with Gasteiger partial charge in [0, 0.05) is 6.42 Å². The van der Waals surface area contributed by atoms with Crippen LogP contribution in [0.5, 0.6) is 5.75 Å². The van der Waals surface area contributed by atoms with Crippen molar-refractivity contribution in [1.82, 2.24) is 5.32 Å². The van der Waals surface area contributed by atoms with Gasteiger partial charge in [0.25, 0.3) is 0 Å². The molecular weight excluding hydrogens is 333 g/mol. The largest absolute Gasteiger partial charge is 0.490 e. The average Bonchev–Trinajstić information content (AvgIpc) is 2.83. The van der Waals surface area contributed by atoms with E-state index in [0.29, 0.717) is 4.47 Å². The van der Waals surface area contributed by atoms with Crippen LogP contribution in [0.4, 0.5) is 4.39 Å². The Balaban J connectivity index is 2.01. The Morgan fingerprint density at radius 3 is 2.90 bits per heavy atom. The summed E-state index contributed by atoms with van der Waals surface area (Å²) in [6.45, 7) is 2.07. The summed E-state index contributed by atoms with van der Waals surface area (Å²) in [6, 6.07) is 11.3. The summed E-state index contributed by atoms with van der Waals surface area (Å²) in [5, 5.41) is 3.27. The molecular formula is C17H17BrFNO. The van der Waals surface area contributed by atoms with Gasteiger partial charge in [-0.2, -0.15) is 0 Å². The summed E-state index contributed by atoms with van der Waals surface area (Å²) in [5.74, 6) is 0.713. The molecule has 2 unspecified atom stereocenters. The molecule has 0 spiro atoms. The molecule has 4 heteroatoms. The first-order chi connectivity index (χ1) is 10.1. The third-order valence-corrected chi connectivity index (χ3v) is 4.67. The molecule has 2 aromatic rings. The minimum Gasteiger partial charge on any atom is -0.490 e. The topological polar surface area (TPSA) is 21.3 Å². The van der Waals surface area contributed by atoms with Crippen molar-refractivity contribution in [2.24, 2.45) is 0 Å². The monoisotopic (exact) mass is 349 g/mol. The fourth-order valence-electron chi connectivity index (χ4n) is 2.87. The second-order valence-corrected chi connectivity index (χ2v) is 6.16. The molecule has 2 nitrogen and oxygen atoms in total. The highest BCUT2D eigenvalue weighted by Crippen LogP contribution is 2.35. The SMILES string of the molecule is CNC(c1ccc2c(c1)CC(C)O2)c1cccc(F)c1Br. The molecule has 1 aliphatic rings. The molecule has 0 radical (unpaired) electrons. The van der Waals surface area contributed by atoms with Crippen molar-refractivity contribution in [2.75, 3.05) is 7.05 Å². The molecule has 1 aliphatic heterocycles. The molecule has 3 rings (SSSR count). The van der Waals surface area contributed by atoms with Crippen molar-refractivity contribution in [2.45, 2.75) is 25.5 Å². The Labute approximate surface area is 132 Å². The number of hydrogen-bond donors (Lipinski definition) is 1. The molecule has 110 valence electrons. The Kier molecular flexibility index (Phi) is 4.00. The smallest absolute Gasteiger partial charge is 0.137 e. The van der Waals surface area contributed by atoms with E-state index in [1.807, 2.05) is 25.2 Å². The zero-order valence-corrected chi connectivity index (χ0v) is 13.6. The van der Waals surface area contributed by atoms with Crippen LogP contribution in [0.3, 0.4) is 0 Å². The zero-order chi connectivity index (χ0) is 15.0. The maximum atomic E-state index is 13.8. The molecule has 0 aromatic heterocycles. The molecule has 0 aliphatic carbocycles. The number of nitrogens with one attached hydrogen (secondary N) is 1. The van der Waals surface area contributed by atoms with E-state index in [0.717, 1.165) is 23.3 Å². The summed E-state index contributed by atoms with van der Waals surface area (Å²) in [7, 11) is 1.88. The minimum atomic E-state index is -0.245. The molecule has 0 bridgehead atoms. The van der Waals surface area contributed by atoms with Gasteiger partial charge in [-0.1, -0.05) is 24.3 Å². The molecule has 2 aromatic carbocycles. The maximum Gasteiger partial charge on any atom is 0.137 e. The number of benzene rings is 2. The maximum absolute atomic E-state index is 13.8. The van der Waals surface area contributed by atoms with E-state index < -0.39 is 0 Å². The lowest BCUT2D eigenvalue weighted by atomic mass is 9.96. The number of hydrogen-bond acceptors (Lipinski definition) is 2. The van der Waals surface area contributed by atoms with E-state index in [-0.39, 0.29) is 18.0 Å². The zero-order valence-electron chi connectivity index (χ0n) is 12.0. The lowest BCUT2D eigenvalue weighted by Crippen LogP contribution is -2.18. The van der Waals surface area contributed by atoms with Crippen LogP contribution >= 0.6 is 15.9 Å². The van der Waals surface area contributed by atoms with Crippen molar-refractivity contribution in [3.05, 3.63) is 63.4 Å². The van der Waals surface area contributed by atoms with Crippen molar-refractivity contribution in [3.8, 4) is 5.75 Å². The highest BCUT2D eigenvalue weighted by atomic mass is 79.9. The van der Waals surface area contributed by atoms with Crippen LogP contribution in [0.15, 0.2) is 40.9 Å². The standard InChI is InChI=1S/C17H17BrFNO/c1-10-8-12-9-11(6-7-15(12)21-10)17(20-2)13-4-3-5-14(19)16(13)18/h3-7,9-10,17,20H,8H2,1-2H3. The predicted octanol–water partition coefficient (Wildman–Crippen LogP) is 4.22. The van der Waals surface area contributed by atoms with Crippen LogP contribution in [0.1, 0.15) is 29.7 Å². The molecule has 21 heavy (non-hydrogen) atoms. The highest BCUT2D eigenvalue weighted by molar-refractivity contribution is 9.10. The molecule has 0 amide bonds. The van der Waals surface area contributed by atoms with Gasteiger partial charge in [0.1, 0.15) is 17.7 Å². The van der Waals surface area contributed by atoms with E-state index in [4.69, 9.17) is 4.74 Å². The van der Waals surface area contributed by atoms with Crippen molar-refractivity contribution >= 4 is 15.9 Å². The molecule has 2 atom stereocenters. The Hall–Kier alpha value is -1.39. The normalized spacial score (nSPS) is 18.2. The molecule has 1 N–H and O–H groups in total. The minimum absolute atomic E-state index is 0.0590. The third kappa shape index (κ3) is 2.70. The number of rotatable bonds is 3. The summed E-state index contributed by atoms with van der Waals surface area (Å²) in [6.07, 6.45) is 1.15. The first-order valence-corrected chi connectivity index (χ1v) is 7.80. The van der Waals surface area contributed by atoms with Crippen LogP contribution < -0.4 is 10.1 Å². The van der Waals surface area contributed by atoms with Crippen LogP contribution in [0.25, 0.3) is 0 Å². The predicted molar refractivity (Wildman–Crippen MR) is 85.2 cm³/mol. The number of halogens is 2. The number of ether oxygens (including phenoxy) is 1. The molecule has 1 heterocycles. The van der Waals surface area contributed by atoms with Gasteiger partial charge in [-0.15, -0.1) is 0 Å². The summed E-state index contributed by atoms with van der Waals surface area (Å²) in [4.78, 5) is 0. The second kappa shape index (κ2) is 5.78. The van der Waals surface area contributed by atoms with E-state index in [1.165, 1.54) is 11.6 Å². The van der Waals surface area contributed by atoms with E-state index in [9.17, 15) is 4.39 Å². The van der Waals surface area contributed by atoms with Crippen molar-refractivity contribution < 1.29 is 9.13 Å². The van der Waals surface area contributed by atoms with Gasteiger partial charge in [-0.05, 0) is 58.7 Å². The van der Waals surface area contributed by atoms with E-state index in [2.05, 4.69) is 34.2 Å². The highest BCUT2D eigenvalue weighted by Gasteiger charge is 2.22. The molecule has 0 fully saturated rings. The molecule has 0 saturated carbocycles. The fraction of sp³-hybridized carbons (Fsp3) is 0.294. The second-order valence-electron chi connectivity index (χ2n) is 5.36. The number of fused-ring (bicyclic) bond motifs is 1. The summed E-state index contributed by atoms with van der Waals surface area (Å²) in [5.41, 5.74) is 3.22. The van der Waals surface area contributed by atoms with Crippen LogP contribution in [-0.4, -0.2) is 13.2 Å². The van der Waals surface area contributed by atoms with Crippen molar-refractivity contribution in [3.63, 3.8) is 0 Å². The Morgan fingerprint density at radius 2 is 2.14 bits per heavy atom. The van der Waals surface area contributed by atoms with Gasteiger partial charge in [0.15, 0.2) is 0 Å². The van der Waals surface area contributed by atoms with E-state index >= 15 is 0 Å². The van der Waals surface area contributed by atoms with Gasteiger partial charge >= 0.3 is 0 Å². The quantitative estimate of drug-likeness (QED) is 0.895. The van der Waals surface area contributed by atoms with Gasteiger partial charge in [-0.25, -0.2) is 4.39 Å². The Bertz CT molecular complexity index is 674. The Morgan fingerprint density at radius 1 is 1.33 bits per heavy atom. The lowest BCUT2D eigenvalue weighted by molar-refractivity contribution is 0.254. The fourth-order valence-corrected chi connectivity index (χ4v) is 3.36. The first-order valence-electron chi connectivity index (χ1n) is 7.01. The van der Waals surface area contributed by atoms with Crippen LogP contribution in [0.2, 0.25) is 0 Å². The van der Waals surface area contributed by atoms with Crippen LogP contribution in [0, 0.1) is 5.82 Å². The molecule has 0 saturated heterocycles. The van der Waals surface area contributed by atoms with Gasteiger partial charge in [0.05, 0.1) is 10.5 Å². The third-order valence-electron chi connectivity index (χ3n) is 3.83. The summed E-state index contributed by atoms with van der Waals surface area (Å²) >= 11 is 3.35. The van der Waals surface area contributed by atoms with Gasteiger partial charge in [0.2, 0.25) is 0 Å². The van der Waals surface area contributed by atoms with Gasteiger partial charge in [-0.3, -0.25) is 0 Å². The first kappa shape index (κ1) is 14.5.